The first-order chi connectivity index (χ1) is 6.00. The molecule has 0 saturated heterocycles. The van der Waals surface area contributed by atoms with Crippen molar-refractivity contribution in [3.63, 3.8) is 0 Å². The van der Waals surface area contributed by atoms with E-state index >= 15 is 0 Å². The van der Waals surface area contributed by atoms with Crippen molar-refractivity contribution in [2.75, 3.05) is 35.3 Å². The zero-order valence-corrected chi connectivity index (χ0v) is 7.81. The topological polar surface area (TPSA) is 116 Å². The number of nitrogen functional groups attached to an aromatic ring is 4. The zero-order valence-electron chi connectivity index (χ0n) is 7.81. The first kappa shape index (κ1) is 9.31. The molecule has 0 radical (unpaired) electrons. The summed E-state index contributed by atoms with van der Waals surface area (Å²) in [7, 11) is 1.76. The molecule has 5 nitrogen and oxygen atoms in total. The van der Waals surface area contributed by atoms with E-state index in [0.717, 1.165) is 11.3 Å². The summed E-state index contributed by atoms with van der Waals surface area (Å²) < 4.78 is 0. The van der Waals surface area contributed by atoms with Crippen molar-refractivity contribution >= 4 is 28.4 Å². The van der Waals surface area contributed by atoms with E-state index in [1.54, 1.807) is 7.05 Å². The molecule has 1 rings (SSSR count). The van der Waals surface area contributed by atoms with Gasteiger partial charge in [-0.05, 0) is 12.5 Å². The maximum absolute atomic E-state index is 5.74. The lowest BCUT2D eigenvalue weighted by Gasteiger charge is -2.16. The van der Waals surface area contributed by atoms with Crippen molar-refractivity contribution in [2.24, 2.45) is 0 Å². The van der Waals surface area contributed by atoms with E-state index in [2.05, 4.69) is 5.32 Å². The highest BCUT2D eigenvalue weighted by Gasteiger charge is 2.13. The van der Waals surface area contributed by atoms with E-state index in [9.17, 15) is 0 Å². The molecule has 0 atom stereocenters. The molecule has 0 aromatic heterocycles. The quantitative estimate of drug-likeness (QED) is 0.401. The molecule has 9 N–H and O–H groups in total. The third kappa shape index (κ3) is 1.18. The van der Waals surface area contributed by atoms with E-state index in [0.29, 0.717) is 22.7 Å². The molecule has 0 heterocycles. The second-order valence-corrected chi connectivity index (χ2v) is 2.90. The molecule has 5 heteroatoms. The van der Waals surface area contributed by atoms with Gasteiger partial charge in [0.25, 0.3) is 0 Å². The summed E-state index contributed by atoms with van der Waals surface area (Å²) in [6, 6.07) is 0. The van der Waals surface area contributed by atoms with Crippen molar-refractivity contribution in [1.29, 1.82) is 0 Å². The van der Waals surface area contributed by atoms with Gasteiger partial charge in [-0.3, -0.25) is 0 Å². The van der Waals surface area contributed by atoms with Crippen LogP contribution < -0.4 is 28.3 Å². The molecule has 0 aliphatic rings. The van der Waals surface area contributed by atoms with Gasteiger partial charge in [-0.2, -0.15) is 0 Å². The van der Waals surface area contributed by atoms with E-state index in [4.69, 9.17) is 22.9 Å². The van der Waals surface area contributed by atoms with Gasteiger partial charge in [0.2, 0.25) is 0 Å². The fraction of sp³-hybridized carbons (Fsp3) is 0.250. The highest BCUT2D eigenvalue weighted by molar-refractivity contribution is 5.96. The van der Waals surface area contributed by atoms with Crippen LogP contribution in [0.5, 0.6) is 0 Å². The van der Waals surface area contributed by atoms with Gasteiger partial charge < -0.3 is 28.3 Å². The molecular weight excluding hydrogens is 166 g/mol. The van der Waals surface area contributed by atoms with Gasteiger partial charge in [0, 0.05) is 7.05 Å². The van der Waals surface area contributed by atoms with Crippen molar-refractivity contribution in [3.8, 4) is 0 Å². The number of benzene rings is 1. The van der Waals surface area contributed by atoms with Gasteiger partial charge >= 0.3 is 0 Å². The number of rotatable bonds is 1. The summed E-state index contributed by atoms with van der Waals surface area (Å²) >= 11 is 0. The SMILES string of the molecule is CNc1c(C)c(N)c(N)c(N)c1N. The Labute approximate surface area is 77.1 Å². The smallest absolute Gasteiger partial charge is 0.0824 e. The van der Waals surface area contributed by atoms with Crippen molar-refractivity contribution in [1.82, 2.24) is 0 Å². The molecule has 0 bridgehead atoms. The van der Waals surface area contributed by atoms with Gasteiger partial charge in [0.05, 0.1) is 28.4 Å². The molecular formula is C8H15N5. The Balaban J connectivity index is 3.56. The molecule has 0 aliphatic heterocycles. The number of nitrogens with two attached hydrogens (primary N) is 4. The van der Waals surface area contributed by atoms with Gasteiger partial charge in [-0.15, -0.1) is 0 Å². The van der Waals surface area contributed by atoms with E-state index in [1.165, 1.54) is 0 Å². The van der Waals surface area contributed by atoms with Crippen LogP contribution in [0.1, 0.15) is 5.56 Å². The van der Waals surface area contributed by atoms with E-state index in [1.807, 2.05) is 6.92 Å². The van der Waals surface area contributed by atoms with Gasteiger partial charge in [0.15, 0.2) is 0 Å². The van der Waals surface area contributed by atoms with Crippen LogP contribution in [-0.4, -0.2) is 7.05 Å². The Kier molecular flexibility index (Phi) is 2.10. The minimum absolute atomic E-state index is 0.340. The minimum atomic E-state index is 0.340. The minimum Gasteiger partial charge on any atom is -0.397 e. The molecule has 0 fully saturated rings. The lowest BCUT2D eigenvalue weighted by Crippen LogP contribution is -2.09. The summed E-state index contributed by atoms with van der Waals surface area (Å²) in [6.07, 6.45) is 0. The molecule has 0 spiro atoms. The zero-order chi connectivity index (χ0) is 10.2. The standard InChI is InChI=1S/C8H15N5/c1-3-4(9)5(10)6(11)7(12)8(3)13-2/h13H,9-12H2,1-2H3. The third-order valence-electron chi connectivity index (χ3n) is 2.17. The number of anilines is 5. The summed E-state index contributed by atoms with van der Waals surface area (Å²) in [5, 5.41) is 2.93. The maximum atomic E-state index is 5.74. The fourth-order valence-electron chi connectivity index (χ4n) is 1.29. The van der Waals surface area contributed by atoms with Crippen molar-refractivity contribution in [2.45, 2.75) is 6.92 Å². The average Bonchev–Trinajstić information content (AvgIpc) is 2.13. The lowest BCUT2D eigenvalue weighted by atomic mass is 10.1. The van der Waals surface area contributed by atoms with Crippen LogP contribution in [0.4, 0.5) is 28.4 Å². The van der Waals surface area contributed by atoms with Crippen LogP contribution >= 0.6 is 0 Å². The lowest BCUT2D eigenvalue weighted by molar-refractivity contribution is 1.41. The van der Waals surface area contributed by atoms with E-state index in [-0.39, 0.29) is 0 Å². The predicted octanol–water partition coefficient (Wildman–Crippen LogP) is 0.366. The Bertz CT molecular complexity index is 316. The Morgan fingerprint density at radius 2 is 1.31 bits per heavy atom. The fourth-order valence-corrected chi connectivity index (χ4v) is 1.29. The van der Waals surface area contributed by atoms with Crippen LogP contribution in [0, 0.1) is 6.92 Å². The van der Waals surface area contributed by atoms with Crippen LogP contribution in [0.25, 0.3) is 0 Å². The molecule has 0 aliphatic carbocycles. The highest BCUT2D eigenvalue weighted by atomic mass is 14.9. The first-order valence-electron chi connectivity index (χ1n) is 3.90. The Morgan fingerprint density at radius 1 is 0.846 bits per heavy atom. The second kappa shape index (κ2) is 2.93. The van der Waals surface area contributed by atoms with Gasteiger partial charge in [0.1, 0.15) is 0 Å². The Morgan fingerprint density at radius 3 is 1.77 bits per heavy atom. The molecule has 72 valence electrons. The first-order valence-corrected chi connectivity index (χ1v) is 3.90. The second-order valence-electron chi connectivity index (χ2n) is 2.90. The van der Waals surface area contributed by atoms with Crippen LogP contribution in [-0.2, 0) is 0 Å². The largest absolute Gasteiger partial charge is 0.397 e. The molecule has 0 amide bonds. The van der Waals surface area contributed by atoms with Crippen LogP contribution in [0.15, 0.2) is 0 Å². The molecule has 0 unspecified atom stereocenters. The number of nitrogens with one attached hydrogen (secondary N) is 1. The summed E-state index contributed by atoms with van der Waals surface area (Å²) in [4.78, 5) is 0. The monoisotopic (exact) mass is 181 g/mol. The van der Waals surface area contributed by atoms with Crippen LogP contribution in [0.3, 0.4) is 0 Å². The van der Waals surface area contributed by atoms with Crippen molar-refractivity contribution in [3.05, 3.63) is 5.56 Å². The third-order valence-corrected chi connectivity index (χ3v) is 2.17. The van der Waals surface area contributed by atoms with Gasteiger partial charge in [-0.1, -0.05) is 0 Å². The normalized spacial score (nSPS) is 10.0. The Hall–Kier alpha value is -1.78. The van der Waals surface area contributed by atoms with Crippen molar-refractivity contribution < 1.29 is 0 Å². The summed E-state index contributed by atoms with van der Waals surface area (Å²) in [5.74, 6) is 0. The van der Waals surface area contributed by atoms with Gasteiger partial charge in [-0.25, -0.2) is 0 Å². The molecule has 13 heavy (non-hydrogen) atoms. The summed E-state index contributed by atoms with van der Waals surface area (Å²) in [5.41, 5.74) is 26.0. The molecule has 0 saturated carbocycles. The van der Waals surface area contributed by atoms with E-state index < -0.39 is 0 Å². The maximum Gasteiger partial charge on any atom is 0.0824 e. The molecule has 1 aromatic rings. The summed E-state index contributed by atoms with van der Waals surface area (Å²) in [6.45, 7) is 1.84. The molecule has 1 aromatic carbocycles. The number of hydrogen-bond acceptors (Lipinski definition) is 5. The predicted molar refractivity (Wildman–Crippen MR) is 58.4 cm³/mol. The number of hydrogen-bond donors (Lipinski definition) is 5. The van der Waals surface area contributed by atoms with Crippen LogP contribution in [0.2, 0.25) is 0 Å². The average molecular weight is 181 g/mol. The highest BCUT2D eigenvalue weighted by Crippen LogP contribution is 2.39.